The molecule has 0 aliphatic carbocycles. The van der Waals surface area contributed by atoms with Gasteiger partial charge in [0.1, 0.15) is 6.54 Å². The Morgan fingerprint density at radius 1 is 1.20 bits per heavy atom. The number of hydrogen-bond acceptors (Lipinski definition) is 4. The Bertz CT molecular complexity index is 1140. The van der Waals surface area contributed by atoms with Gasteiger partial charge in [-0.15, -0.1) is 11.8 Å². The standard InChI is InChI=1S/C21H16F3N3O2S/c1-12(30-18-8-9-25-15-5-3-2-4-14(15)18)20(29)27-11-19(28)26-16-10-13(21(22,23)24)6-7-17(16)27/h2-10,12H,11H2,1H3,(H,26,28). The first-order chi connectivity index (χ1) is 14.2. The summed E-state index contributed by atoms with van der Waals surface area (Å²) in [6, 6.07) is 12.3. The molecule has 1 N–H and O–H groups in total. The molecule has 0 radical (unpaired) electrons. The van der Waals surface area contributed by atoms with Crippen molar-refractivity contribution in [3.8, 4) is 0 Å². The number of nitrogens with one attached hydrogen (secondary N) is 1. The SMILES string of the molecule is CC(Sc1ccnc2ccccc12)C(=O)N1CC(=O)Nc2cc(C(F)(F)F)ccc21. The molecule has 0 saturated heterocycles. The van der Waals surface area contributed by atoms with E-state index < -0.39 is 22.9 Å². The third-order valence-corrected chi connectivity index (χ3v) is 5.88. The lowest BCUT2D eigenvalue weighted by Gasteiger charge is -2.31. The highest BCUT2D eigenvalue weighted by atomic mass is 32.2. The van der Waals surface area contributed by atoms with Crippen LogP contribution < -0.4 is 10.2 Å². The summed E-state index contributed by atoms with van der Waals surface area (Å²) < 4.78 is 39.0. The third kappa shape index (κ3) is 3.85. The number of nitrogens with zero attached hydrogens (tertiary/aromatic N) is 2. The Morgan fingerprint density at radius 3 is 2.73 bits per heavy atom. The molecule has 2 aromatic carbocycles. The van der Waals surface area contributed by atoms with Crippen LogP contribution in [0.25, 0.3) is 10.9 Å². The van der Waals surface area contributed by atoms with Gasteiger partial charge in [0.05, 0.1) is 27.7 Å². The van der Waals surface area contributed by atoms with Crippen molar-refractivity contribution in [1.82, 2.24) is 4.98 Å². The minimum Gasteiger partial charge on any atom is -0.323 e. The van der Waals surface area contributed by atoms with E-state index in [0.29, 0.717) is 0 Å². The summed E-state index contributed by atoms with van der Waals surface area (Å²) in [6.45, 7) is 1.46. The van der Waals surface area contributed by atoms with Crippen LogP contribution in [0.2, 0.25) is 0 Å². The zero-order chi connectivity index (χ0) is 21.5. The first kappa shape index (κ1) is 20.2. The van der Waals surface area contributed by atoms with Crippen molar-refractivity contribution in [2.45, 2.75) is 23.2 Å². The first-order valence-corrected chi connectivity index (χ1v) is 9.95. The van der Waals surface area contributed by atoms with Gasteiger partial charge in [-0.05, 0) is 37.3 Å². The van der Waals surface area contributed by atoms with Crippen molar-refractivity contribution in [2.24, 2.45) is 0 Å². The zero-order valence-electron chi connectivity index (χ0n) is 15.7. The lowest BCUT2D eigenvalue weighted by atomic mass is 10.1. The van der Waals surface area contributed by atoms with Gasteiger partial charge in [-0.2, -0.15) is 13.2 Å². The fourth-order valence-electron chi connectivity index (χ4n) is 3.30. The summed E-state index contributed by atoms with van der Waals surface area (Å²) in [6.07, 6.45) is -2.89. The van der Waals surface area contributed by atoms with E-state index in [9.17, 15) is 22.8 Å². The number of para-hydroxylation sites is 1. The molecular weight excluding hydrogens is 415 g/mol. The Balaban J connectivity index is 1.62. The first-order valence-electron chi connectivity index (χ1n) is 9.07. The maximum absolute atomic E-state index is 13.1. The summed E-state index contributed by atoms with van der Waals surface area (Å²) in [4.78, 5) is 31.6. The largest absolute Gasteiger partial charge is 0.416 e. The molecule has 4 rings (SSSR count). The molecule has 1 aliphatic rings. The van der Waals surface area contributed by atoms with Gasteiger partial charge in [0.25, 0.3) is 0 Å². The number of alkyl halides is 3. The lowest BCUT2D eigenvalue weighted by Crippen LogP contribution is -2.45. The number of hydrogen-bond donors (Lipinski definition) is 1. The van der Waals surface area contributed by atoms with E-state index in [4.69, 9.17) is 0 Å². The molecule has 0 bridgehead atoms. The Kier molecular flexibility index (Phi) is 5.15. The summed E-state index contributed by atoms with van der Waals surface area (Å²) >= 11 is 1.32. The van der Waals surface area contributed by atoms with Gasteiger partial charge in [0, 0.05) is 16.5 Å². The topological polar surface area (TPSA) is 62.3 Å². The van der Waals surface area contributed by atoms with Gasteiger partial charge in [0.15, 0.2) is 0 Å². The molecule has 9 heteroatoms. The highest BCUT2D eigenvalue weighted by Crippen LogP contribution is 2.38. The van der Waals surface area contributed by atoms with Crippen molar-refractivity contribution in [1.29, 1.82) is 0 Å². The van der Waals surface area contributed by atoms with E-state index in [1.54, 1.807) is 13.1 Å². The van der Waals surface area contributed by atoms with E-state index in [0.717, 1.165) is 27.9 Å². The van der Waals surface area contributed by atoms with E-state index in [1.165, 1.54) is 22.7 Å². The average molecular weight is 431 g/mol. The fourth-order valence-corrected chi connectivity index (χ4v) is 4.34. The number of carbonyl (C=O) groups is 2. The Labute approximate surface area is 174 Å². The molecule has 0 fully saturated rings. The number of rotatable bonds is 3. The summed E-state index contributed by atoms with van der Waals surface area (Å²) in [5.41, 5.74) is 0.131. The molecule has 1 atom stereocenters. The summed E-state index contributed by atoms with van der Waals surface area (Å²) in [7, 11) is 0. The second-order valence-electron chi connectivity index (χ2n) is 6.79. The monoisotopic (exact) mass is 431 g/mol. The van der Waals surface area contributed by atoms with Crippen LogP contribution in [0.4, 0.5) is 24.5 Å². The lowest BCUT2D eigenvalue weighted by molar-refractivity contribution is -0.137. The van der Waals surface area contributed by atoms with E-state index in [1.807, 2.05) is 30.3 Å². The molecule has 5 nitrogen and oxygen atoms in total. The second-order valence-corrected chi connectivity index (χ2v) is 8.17. The molecular formula is C21H16F3N3O2S. The maximum atomic E-state index is 13.1. The molecule has 30 heavy (non-hydrogen) atoms. The Morgan fingerprint density at radius 2 is 1.97 bits per heavy atom. The predicted octanol–water partition coefficient (Wildman–Crippen LogP) is 4.72. The number of thioether (sulfide) groups is 1. The van der Waals surface area contributed by atoms with Gasteiger partial charge in [-0.3, -0.25) is 19.5 Å². The fraction of sp³-hybridized carbons (Fsp3) is 0.190. The van der Waals surface area contributed by atoms with E-state index >= 15 is 0 Å². The van der Waals surface area contributed by atoms with Crippen molar-refractivity contribution in [3.05, 3.63) is 60.3 Å². The number of amides is 2. The Hall–Kier alpha value is -3.07. The summed E-state index contributed by atoms with van der Waals surface area (Å²) in [5, 5.41) is 2.75. The van der Waals surface area contributed by atoms with Crippen molar-refractivity contribution in [3.63, 3.8) is 0 Å². The van der Waals surface area contributed by atoms with Crippen LogP contribution in [0.1, 0.15) is 12.5 Å². The van der Waals surface area contributed by atoms with Gasteiger partial charge in [-0.25, -0.2) is 0 Å². The van der Waals surface area contributed by atoms with Crippen LogP contribution >= 0.6 is 11.8 Å². The van der Waals surface area contributed by atoms with Gasteiger partial charge in [0.2, 0.25) is 11.8 Å². The molecule has 154 valence electrons. The number of fused-ring (bicyclic) bond motifs is 2. The number of carbonyl (C=O) groups excluding carboxylic acids is 2. The van der Waals surface area contributed by atoms with Gasteiger partial charge in [-0.1, -0.05) is 18.2 Å². The molecule has 0 spiro atoms. The summed E-state index contributed by atoms with van der Waals surface area (Å²) in [5.74, 6) is -0.904. The molecule has 1 aliphatic heterocycles. The van der Waals surface area contributed by atoms with Gasteiger partial charge < -0.3 is 5.32 Å². The van der Waals surface area contributed by atoms with Crippen molar-refractivity contribution < 1.29 is 22.8 Å². The van der Waals surface area contributed by atoms with Crippen LogP contribution in [0.5, 0.6) is 0 Å². The van der Waals surface area contributed by atoms with Crippen molar-refractivity contribution >= 4 is 45.9 Å². The quantitative estimate of drug-likeness (QED) is 0.610. The number of aromatic nitrogens is 1. The highest BCUT2D eigenvalue weighted by molar-refractivity contribution is 8.00. The van der Waals surface area contributed by atoms with Crippen LogP contribution in [0.3, 0.4) is 0 Å². The average Bonchev–Trinajstić information content (AvgIpc) is 2.71. The maximum Gasteiger partial charge on any atom is 0.416 e. The minimum atomic E-state index is -4.54. The number of anilines is 2. The highest BCUT2D eigenvalue weighted by Gasteiger charge is 2.35. The molecule has 1 unspecified atom stereocenters. The molecule has 2 amide bonds. The normalized spacial score (nSPS) is 14.9. The van der Waals surface area contributed by atoms with Crippen LogP contribution in [0.15, 0.2) is 59.6 Å². The number of pyridine rings is 1. The predicted molar refractivity (Wildman–Crippen MR) is 109 cm³/mol. The smallest absolute Gasteiger partial charge is 0.323 e. The van der Waals surface area contributed by atoms with E-state index in [-0.39, 0.29) is 23.8 Å². The third-order valence-electron chi connectivity index (χ3n) is 4.72. The zero-order valence-corrected chi connectivity index (χ0v) is 16.6. The molecule has 1 aromatic heterocycles. The molecule has 0 saturated carbocycles. The second kappa shape index (κ2) is 7.64. The van der Waals surface area contributed by atoms with Crippen LogP contribution in [-0.4, -0.2) is 28.6 Å². The van der Waals surface area contributed by atoms with Crippen LogP contribution in [0, 0.1) is 0 Å². The van der Waals surface area contributed by atoms with Gasteiger partial charge >= 0.3 is 6.18 Å². The molecule has 3 aromatic rings. The molecule has 2 heterocycles. The number of halogens is 3. The van der Waals surface area contributed by atoms with E-state index in [2.05, 4.69) is 10.3 Å². The minimum absolute atomic E-state index is 0.0269. The van der Waals surface area contributed by atoms with Crippen molar-refractivity contribution in [2.75, 3.05) is 16.8 Å². The van der Waals surface area contributed by atoms with Crippen LogP contribution in [-0.2, 0) is 15.8 Å². The number of benzene rings is 2.